The Labute approximate surface area is 398 Å². The van der Waals surface area contributed by atoms with Crippen LogP contribution in [-0.2, 0) is 41.1 Å². The molecule has 0 aliphatic carbocycles. The smallest absolute Gasteiger partial charge is 0.790 e. The number of phosphoric acid groups is 1. The summed E-state index contributed by atoms with van der Waals surface area (Å²) in [5, 5.41) is 9.05. The van der Waals surface area contributed by atoms with Gasteiger partial charge in [-0.3, -0.25) is 14.4 Å². The number of amides is 4. The molecule has 3 aromatic rings. The quantitative estimate of drug-likeness (QED) is 0.0621. The van der Waals surface area contributed by atoms with Crippen LogP contribution in [-0.4, -0.2) is 79.2 Å². The van der Waals surface area contributed by atoms with E-state index >= 15 is 0 Å². The minimum absolute atomic E-state index is 0. The average Bonchev–Trinajstić information content (AvgIpc) is 3.14. The maximum atomic E-state index is 14.3. The van der Waals surface area contributed by atoms with E-state index in [2.05, 4.69) is 20.5 Å². The Kier molecular flexibility index (Phi) is 22.6. The van der Waals surface area contributed by atoms with Crippen LogP contribution in [0.5, 0.6) is 5.75 Å². The van der Waals surface area contributed by atoms with Gasteiger partial charge in [0, 0.05) is 25.6 Å². The van der Waals surface area contributed by atoms with Gasteiger partial charge in [-0.25, -0.2) is 4.79 Å². The van der Waals surface area contributed by atoms with Crippen LogP contribution < -0.4 is 89.6 Å². The molecule has 316 valence electrons. The summed E-state index contributed by atoms with van der Waals surface area (Å²) in [6.07, 6.45) is -0.119. The van der Waals surface area contributed by atoms with E-state index in [0.29, 0.717) is 31.7 Å². The van der Waals surface area contributed by atoms with Gasteiger partial charge in [0.1, 0.15) is 17.9 Å². The molecule has 4 rings (SSSR count). The van der Waals surface area contributed by atoms with Gasteiger partial charge in [0.2, 0.25) is 5.91 Å². The van der Waals surface area contributed by atoms with E-state index < -0.39 is 56.0 Å². The molecule has 1 saturated heterocycles. The SMILES string of the molecule is Cc1cccc(C)c1OCC(=O)N[C@@H](Cc1ccccc1)C(C[C@H](Cc1ccccc1)NC(=O)[C@H](C(C)C)N1CCCNC1=O)OC(=O)CC(C)(C)COP(=O)([O-])[O-].[Na+].[Na+]. The molecule has 60 heavy (non-hydrogen) atoms. The molecule has 1 unspecified atom stereocenters. The van der Waals surface area contributed by atoms with Gasteiger partial charge in [-0.2, -0.15) is 0 Å². The Hall–Kier alpha value is -2.75. The zero-order valence-corrected chi connectivity index (χ0v) is 41.1. The first-order valence-electron chi connectivity index (χ1n) is 19.7. The molecular weight excluding hydrogens is 809 g/mol. The summed E-state index contributed by atoms with van der Waals surface area (Å²) in [5.41, 5.74) is 2.32. The molecule has 17 heteroatoms. The van der Waals surface area contributed by atoms with Gasteiger partial charge in [-0.05, 0) is 66.7 Å². The van der Waals surface area contributed by atoms with Crippen LogP contribution in [0.3, 0.4) is 0 Å². The molecule has 14 nitrogen and oxygen atoms in total. The van der Waals surface area contributed by atoms with Crippen LogP contribution in [0.4, 0.5) is 4.79 Å². The number of hydrogen-bond donors (Lipinski definition) is 3. The van der Waals surface area contributed by atoms with Crippen molar-refractivity contribution in [3.05, 3.63) is 101 Å². The molecular formula is C43H57N4Na2O10P. The Morgan fingerprint density at radius 1 is 0.883 bits per heavy atom. The maximum absolute atomic E-state index is 14.3. The van der Waals surface area contributed by atoms with Crippen LogP contribution in [0, 0.1) is 25.2 Å². The number of hydrogen-bond acceptors (Lipinski definition) is 10. The number of rotatable bonds is 21. The summed E-state index contributed by atoms with van der Waals surface area (Å²) < 4.78 is 28.0. The summed E-state index contributed by atoms with van der Waals surface area (Å²) >= 11 is 0. The van der Waals surface area contributed by atoms with Gasteiger partial charge in [0.05, 0.1) is 26.9 Å². The molecule has 0 aromatic heterocycles. The van der Waals surface area contributed by atoms with Crippen molar-refractivity contribution >= 4 is 31.6 Å². The molecule has 1 heterocycles. The fourth-order valence-electron chi connectivity index (χ4n) is 7.13. The van der Waals surface area contributed by atoms with Crippen molar-refractivity contribution < 1.29 is 107 Å². The molecule has 0 spiro atoms. The number of aryl methyl sites for hydroxylation is 2. The zero-order chi connectivity index (χ0) is 42.5. The normalized spacial score (nSPS) is 14.9. The number of carbonyl (C=O) groups excluding carboxylic acids is 4. The van der Waals surface area contributed by atoms with Crippen molar-refractivity contribution in [2.45, 2.75) is 97.9 Å². The summed E-state index contributed by atoms with van der Waals surface area (Å²) in [4.78, 5) is 78.9. The van der Waals surface area contributed by atoms with Crippen molar-refractivity contribution in [1.82, 2.24) is 20.9 Å². The number of nitrogens with zero attached hydrogens (tertiary/aromatic N) is 1. The van der Waals surface area contributed by atoms with Crippen LogP contribution in [0.25, 0.3) is 0 Å². The average molecular weight is 867 g/mol. The van der Waals surface area contributed by atoms with E-state index in [4.69, 9.17) is 9.47 Å². The van der Waals surface area contributed by atoms with Crippen LogP contribution in [0.1, 0.15) is 69.2 Å². The van der Waals surface area contributed by atoms with Gasteiger partial charge in [-0.1, -0.05) is 107 Å². The summed E-state index contributed by atoms with van der Waals surface area (Å²) in [6.45, 7) is 10.7. The minimum Gasteiger partial charge on any atom is -0.790 e. The molecule has 3 aromatic carbocycles. The fourth-order valence-corrected chi connectivity index (χ4v) is 7.64. The Bertz CT molecular complexity index is 1860. The van der Waals surface area contributed by atoms with Gasteiger partial charge >= 0.3 is 71.1 Å². The molecule has 4 amide bonds. The first-order valence-corrected chi connectivity index (χ1v) is 21.1. The molecule has 3 N–H and O–H groups in total. The Morgan fingerprint density at radius 2 is 1.47 bits per heavy atom. The molecule has 4 atom stereocenters. The van der Waals surface area contributed by atoms with E-state index in [0.717, 1.165) is 22.3 Å². The number of ether oxygens (including phenoxy) is 2. The Morgan fingerprint density at radius 3 is 2.02 bits per heavy atom. The fraction of sp³-hybridized carbons (Fsp3) is 0.488. The number of para-hydroxylation sites is 1. The molecule has 1 aliphatic heterocycles. The first-order chi connectivity index (χ1) is 27.4. The monoisotopic (exact) mass is 866 g/mol. The van der Waals surface area contributed by atoms with Crippen molar-refractivity contribution in [3.8, 4) is 5.75 Å². The van der Waals surface area contributed by atoms with Crippen LogP contribution in [0.2, 0.25) is 0 Å². The summed E-state index contributed by atoms with van der Waals surface area (Å²) in [6, 6.07) is 21.9. The molecule has 1 aliphatic rings. The topological polar surface area (TPSA) is 198 Å². The van der Waals surface area contributed by atoms with Crippen molar-refractivity contribution in [2.24, 2.45) is 11.3 Å². The number of urea groups is 1. The second-order valence-electron chi connectivity index (χ2n) is 16.1. The number of benzene rings is 3. The van der Waals surface area contributed by atoms with Gasteiger partial charge in [0.15, 0.2) is 6.61 Å². The summed E-state index contributed by atoms with van der Waals surface area (Å²) in [7, 11) is -5.32. The largest absolute Gasteiger partial charge is 1.00 e. The maximum Gasteiger partial charge on any atom is 1.00 e. The van der Waals surface area contributed by atoms with E-state index in [1.54, 1.807) is 18.7 Å². The van der Waals surface area contributed by atoms with Gasteiger partial charge < -0.3 is 49.2 Å². The predicted octanol–water partition coefficient (Wildman–Crippen LogP) is -1.85. The van der Waals surface area contributed by atoms with Gasteiger partial charge in [0.25, 0.3) is 5.91 Å². The van der Waals surface area contributed by atoms with E-state index in [9.17, 15) is 33.5 Å². The third-order valence-corrected chi connectivity index (χ3v) is 10.4. The van der Waals surface area contributed by atoms with E-state index in [-0.39, 0.29) is 103 Å². The number of nitrogens with one attached hydrogen (secondary N) is 3. The van der Waals surface area contributed by atoms with Gasteiger partial charge in [-0.15, -0.1) is 0 Å². The van der Waals surface area contributed by atoms with Crippen molar-refractivity contribution in [2.75, 3.05) is 26.3 Å². The van der Waals surface area contributed by atoms with Crippen molar-refractivity contribution in [1.29, 1.82) is 0 Å². The van der Waals surface area contributed by atoms with E-state index in [1.165, 1.54) is 0 Å². The number of esters is 1. The predicted molar refractivity (Wildman–Crippen MR) is 215 cm³/mol. The van der Waals surface area contributed by atoms with Crippen molar-refractivity contribution in [3.63, 3.8) is 0 Å². The molecule has 0 saturated carbocycles. The zero-order valence-electron chi connectivity index (χ0n) is 36.2. The number of phosphoric ester groups is 1. The first kappa shape index (κ1) is 53.4. The number of carbonyl (C=O) groups is 4. The van der Waals surface area contributed by atoms with E-state index in [1.807, 2.05) is 107 Å². The minimum atomic E-state index is -5.32. The standard InChI is InChI=1S/C43H59N4O10P.2Na/c1-29(2)39(47-22-14-21-44-42(47)51)41(50)45-34(23-32-17-9-7-10-18-32)25-36(57-38(49)26-43(5,6)28-56-58(52,53)54)35(24-33-19-11-8-12-20-33)46-37(48)27-55-40-30(3)15-13-16-31(40)4;;/h7-13,15-20,29,34-36,39H,14,21-28H2,1-6H3,(H,44,51)(H,45,50)(H,46,48)(H2,52,53,54);;/q;2*+1/p-2/t34-,35-,36?,39-;;/m0../s1. The second-order valence-corrected chi connectivity index (χ2v) is 17.2. The Balaban J connectivity index is 0.00000620. The summed E-state index contributed by atoms with van der Waals surface area (Å²) in [5.74, 6) is -1.24. The molecule has 0 bridgehead atoms. The third kappa shape index (κ3) is 17.9. The molecule has 0 radical (unpaired) electrons. The second kappa shape index (κ2) is 25.4. The van der Waals surface area contributed by atoms with Crippen LogP contribution in [0.15, 0.2) is 78.9 Å². The molecule has 1 fully saturated rings. The third-order valence-electron chi connectivity index (χ3n) is 9.91. The van der Waals surface area contributed by atoms with Crippen LogP contribution >= 0.6 is 7.82 Å².